The number of hydrogen-bond donors (Lipinski definition) is 1. The van der Waals surface area contributed by atoms with Crippen LogP contribution in [0, 0.1) is 13.8 Å². The summed E-state index contributed by atoms with van der Waals surface area (Å²) in [4.78, 5) is 12.2. The maximum atomic E-state index is 12.2. The van der Waals surface area contributed by atoms with Gasteiger partial charge in [0.05, 0.1) is 11.9 Å². The van der Waals surface area contributed by atoms with Gasteiger partial charge in [0, 0.05) is 17.9 Å². The van der Waals surface area contributed by atoms with Gasteiger partial charge in [-0.2, -0.15) is 16.4 Å². The van der Waals surface area contributed by atoms with Gasteiger partial charge in [0.15, 0.2) is 0 Å². The van der Waals surface area contributed by atoms with Crippen LogP contribution in [0.4, 0.5) is 5.82 Å². The summed E-state index contributed by atoms with van der Waals surface area (Å²) in [6, 6.07) is 8.39. The molecule has 0 fully saturated rings. The van der Waals surface area contributed by atoms with Crippen LogP contribution >= 0.6 is 11.3 Å². The SMILES string of the molecule is Cc1cc(C)cc(-n2ncc3c2NC(=O)CC3c2ccsc2)c1. The molecule has 1 aliphatic rings. The van der Waals surface area contributed by atoms with E-state index >= 15 is 0 Å². The maximum Gasteiger partial charge on any atom is 0.226 e. The number of benzene rings is 1. The Bertz CT molecular complexity index is 860. The van der Waals surface area contributed by atoms with Crippen molar-refractivity contribution in [2.45, 2.75) is 26.2 Å². The van der Waals surface area contributed by atoms with E-state index in [0.717, 1.165) is 17.1 Å². The number of anilines is 1. The average Bonchev–Trinajstić information content (AvgIpc) is 3.14. The predicted molar refractivity (Wildman–Crippen MR) is 92.4 cm³/mol. The van der Waals surface area contributed by atoms with Crippen molar-refractivity contribution in [1.82, 2.24) is 9.78 Å². The van der Waals surface area contributed by atoms with Gasteiger partial charge in [-0.05, 0) is 59.5 Å². The number of aromatic nitrogens is 2. The average molecular weight is 323 g/mol. The van der Waals surface area contributed by atoms with Gasteiger partial charge in [0.1, 0.15) is 5.82 Å². The molecule has 4 nitrogen and oxygen atoms in total. The molecular formula is C18H17N3OS. The van der Waals surface area contributed by atoms with Crippen molar-refractivity contribution in [1.29, 1.82) is 0 Å². The summed E-state index contributed by atoms with van der Waals surface area (Å²) in [5, 5.41) is 11.7. The quantitative estimate of drug-likeness (QED) is 0.774. The highest BCUT2D eigenvalue weighted by molar-refractivity contribution is 7.08. The molecule has 5 heteroatoms. The molecule has 1 atom stereocenters. The fourth-order valence-corrected chi connectivity index (χ4v) is 3.97. The van der Waals surface area contributed by atoms with Crippen LogP contribution < -0.4 is 5.32 Å². The zero-order chi connectivity index (χ0) is 16.0. The number of nitrogens with zero attached hydrogens (tertiary/aromatic N) is 2. The summed E-state index contributed by atoms with van der Waals surface area (Å²) >= 11 is 1.66. The molecule has 2 aromatic heterocycles. The van der Waals surface area contributed by atoms with E-state index in [9.17, 15) is 4.79 Å². The molecule has 0 spiro atoms. The van der Waals surface area contributed by atoms with Crippen molar-refractivity contribution >= 4 is 23.1 Å². The second kappa shape index (κ2) is 5.35. The normalized spacial score (nSPS) is 17.0. The third kappa shape index (κ3) is 2.47. The Morgan fingerprint density at radius 1 is 1.26 bits per heavy atom. The first kappa shape index (κ1) is 14.2. The molecule has 3 heterocycles. The Balaban J connectivity index is 1.85. The van der Waals surface area contributed by atoms with Gasteiger partial charge >= 0.3 is 0 Å². The number of rotatable bonds is 2. The number of amides is 1. The van der Waals surface area contributed by atoms with E-state index in [1.54, 1.807) is 11.3 Å². The van der Waals surface area contributed by atoms with E-state index in [0.29, 0.717) is 6.42 Å². The Labute approximate surface area is 138 Å². The Morgan fingerprint density at radius 2 is 2.04 bits per heavy atom. The highest BCUT2D eigenvalue weighted by atomic mass is 32.1. The molecule has 23 heavy (non-hydrogen) atoms. The van der Waals surface area contributed by atoms with Crippen LogP contribution in [0.2, 0.25) is 0 Å². The van der Waals surface area contributed by atoms with Gasteiger partial charge in [0.25, 0.3) is 0 Å². The Kier molecular flexibility index (Phi) is 3.31. The van der Waals surface area contributed by atoms with Crippen molar-refractivity contribution in [2.24, 2.45) is 0 Å². The number of carbonyl (C=O) groups excluding carboxylic acids is 1. The van der Waals surface area contributed by atoms with Crippen molar-refractivity contribution in [2.75, 3.05) is 5.32 Å². The van der Waals surface area contributed by atoms with E-state index in [2.05, 4.69) is 59.3 Å². The molecule has 116 valence electrons. The summed E-state index contributed by atoms with van der Waals surface area (Å²) in [7, 11) is 0. The topological polar surface area (TPSA) is 46.9 Å². The van der Waals surface area contributed by atoms with Crippen molar-refractivity contribution in [3.63, 3.8) is 0 Å². The number of carbonyl (C=O) groups is 1. The summed E-state index contributed by atoms with van der Waals surface area (Å²) < 4.78 is 1.84. The van der Waals surface area contributed by atoms with Crippen molar-refractivity contribution in [3.8, 4) is 5.69 Å². The first-order valence-electron chi connectivity index (χ1n) is 7.60. The van der Waals surface area contributed by atoms with E-state index in [-0.39, 0.29) is 11.8 Å². The summed E-state index contributed by atoms with van der Waals surface area (Å²) in [6.45, 7) is 4.14. The lowest BCUT2D eigenvalue weighted by Crippen LogP contribution is -2.24. The van der Waals surface area contributed by atoms with Gasteiger partial charge in [-0.15, -0.1) is 0 Å². The standard InChI is InChI=1S/C18H17N3OS/c1-11-5-12(2)7-14(6-11)21-18-16(9-19-21)15(8-17(22)20-18)13-3-4-23-10-13/h3-7,9-10,15H,8H2,1-2H3,(H,20,22). The molecule has 3 aromatic rings. The molecule has 0 saturated carbocycles. The third-order valence-corrected chi connectivity index (χ3v) is 4.92. The number of thiophene rings is 1. The number of aryl methyl sites for hydroxylation is 2. The first-order chi connectivity index (χ1) is 11.1. The lowest BCUT2D eigenvalue weighted by atomic mass is 9.89. The highest BCUT2D eigenvalue weighted by Gasteiger charge is 2.30. The largest absolute Gasteiger partial charge is 0.310 e. The molecule has 4 rings (SSSR count). The van der Waals surface area contributed by atoms with Gasteiger partial charge in [-0.3, -0.25) is 4.79 Å². The number of nitrogens with one attached hydrogen (secondary N) is 1. The smallest absolute Gasteiger partial charge is 0.226 e. The van der Waals surface area contributed by atoms with Crippen molar-refractivity contribution < 1.29 is 4.79 Å². The molecular weight excluding hydrogens is 306 g/mol. The van der Waals surface area contributed by atoms with Crippen LogP contribution in [0.25, 0.3) is 5.69 Å². The van der Waals surface area contributed by atoms with Crippen LogP contribution in [0.15, 0.2) is 41.2 Å². The second-order valence-corrected chi connectivity index (χ2v) is 6.85. The van der Waals surface area contributed by atoms with Gasteiger partial charge in [0.2, 0.25) is 5.91 Å². The van der Waals surface area contributed by atoms with E-state index in [1.807, 2.05) is 10.9 Å². The monoisotopic (exact) mass is 323 g/mol. The first-order valence-corrected chi connectivity index (χ1v) is 8.54. The summed E-state index contributed by atoms with van der Waals surface area (Å²) in [6.07, 6.45) is 2.36. The fourth-order valence-electron chi connectivity index (χ4n) is 3.26. The molecule has 0 saturated heterocycles. The molecule has 1 unspecified atom stereocenters. The van der Waals surface area contributed by atoms with Crippen molar-refractivity contribution in [3.05, 3.63) is 63.5 Å². The molecule has 1 aliphatic heterocycles. The molecule has 0 bridgehead atoms. The van der Waals surface area contributed by atoms with E-state index < -0.39 is 0 Å². The summed E-state index contributed by atoms with van der Waals surface area (Å²) in [5.41, 5.74) is 5.62. The maximum absolute atomic E-state index is 12.2. The minimum atomic E-state index is 0.0415. The lowest BCUT2D eigenvalue weighted by Gasteiger charge is -2.23. The van der Waals surface area contributed by atoms with Crippen LogP contribution in [-0.4, -0.2) is 15.7 Å². The minimum Gasteiger partial charge on any atom is -0.310 e. The minimum absolute atomic E-state index is 0.0415. The molecule has 0 radical (unpaired) electrons. The molecule has 1 amide bonds. The second-order valence-electron chi connectivity index (χ2n) is 6.07. The molecule has 1 N–H and O–H groups in total. The van der Waals surface area contributed by atoms with E-state index in [1.165, 1.54) is 16.7 Å². The lowest BCUT2D eigenvalue weighted by molar-refractivity contribution is -0.116. The third-order valence-electron chi connectivity index (χ3n) is 4.22. The Hall–Kier alpha value is -2.40. The van der Waals surface area contributed by atoms with Crippen LogP contribution in [0.1, 0.15) is 34.6 Å². The van der Waals surface area contributed by atoms with Crippen LogP contribution in [0.3, 0.4) is 0 Å². The van der Waals surface area contributed by atoms with Crippen LogP contribution in [-0.2, 0) is 4.79 Å². The van der Waals surface area contributed by atoms with Crippen LogP contribution in [0.5, 0.6) is 0 Å². The van der Waals surface area contributed by atoms with Gasteiger partial charge < -0.3 is 5.32 Å². The highest BCUT2D eigenvalue weighted by Crippen LogP contribution is 2.38. The van der Waals surface area contributed by atoms with E-state index in [4.69, 9.17) is 0 Å². The molecule has 0 aliphatic carbocycles. The zero-order valence-electron chi connectivity index (χ0n) is 13.0. The predicted octanol–water partition coefficient (Wildman–Crippen LogP) is 4.02. The summed E-state index contributed by atoms with van der Waals surface area (Å²) in [5.74, 6) is 0.923. The van der Waals surface area contributed by atoms with Gasteiger partial charge in [-0.25, -0.2) is 4.68 Å². The Morgan fingerprint density at radius 3 is 2.74 bits per heavy atom. The number of fused-ring (bicyclic) bond motifs is 1. The molecule has 1 aromatic carbocycles. The fraction of sp³-hybridized carbons (Fsp3) is 0.222. The zero-order valence-corrected chi connectivity index (χ0v) is 13.9. The van der Waals surface area contributed by atoms with Gasteiger partial charge in [-0.1, -0.05) is 6.07 Å². The number of hydrogen-bond acceptors (Lipinski definition) is 3.